The summed E-state index contributed by atoms with van der Waals surface area (Å²) < 4.78 is 3.11. The van der Waals surface area contributed by atoms with E-state index in [1.54, 1.807) is 0 Å². The van der Waals surface area contributed by atoms with E-state index in [0.717, 1.165) is 32.6 Å². The molecular weight excluding hydrogens is 312 g/mol. The molecule has 0 saturated carbocycles. The lowest BCUT2D eigenvalue weighted by atomic mass is 10.2. The van der Waals surface area contributed by atoms with Gasteiger partial charge in [-0.2, -0.15) is 0 Å². The lowest BCUT2D eigenvalue weighted by Gasteiger charge is -2.06. The van der Waals surface area contributed by atoms with Gasteiger partial charge in [-0.05, 0) is 40.2 Å². The summed E-state index contributed by atoms with van der Waals surface area (Å²) in [5.74, 6) is 0. The minimum absolute atomic E-state index is 0.723. The Hall–Kier alpha value is -1.32. The van der Waals surface area contributed by atoms with E-state index >= 15 is 0 Å². The third-order valence-electron chi connectivity index (χ3n) is 2.86. The van der Waals surface area contributed by atoms with E-state index in [2.05, 4.69) is 37.6 Å². The molecule has 3 aromatic rings. The van der Waals surface area contributed by atoms with Gasteiger partial charge < -0.3 is 4.57 Å². The third-order valence-corrected chi connectivity index (χ3v) is 3.63. The van der Waals surface area contributed by atoms with Gasteiger partial charge in [-0.25, -0.2) is 0 Å². The van der Waals surface area contributed by atoms with Crippen LogP contribution in [0.25, 0.3) is 10.9 Å². The predicted molar refractivity (Wildman–Crippen MR) is 78.0 cm³/mol. The van der Waals surface area contributed by atoms with Crippen molar-refractivity contribution in [2.45, 2.75) is 6.54 Å². The molecule has 0 radical (unpaired) electrons. The third kappa shape index (κ3) is 2.16. The Bertz CT molecular complexity index is 689. The average molecular weight is 322 g/mol. The van der Waals surface area contributed by atoms with Gasteiger partial charge in [-0.1, -0.05) is 23.7 Å². The zero-order chi connectivity index (χ0) is 12.5. The smallest absolute Gasteiger partial charge is 0.0673 e. The van der Waals surface area contributed by atoms with Crippen molar-refractivity contribution >= 4 is 38.4 Å². The van der Waals surface area contributed by atoms with Gasteiger partial charge >= 0.3 is 0 Å². The number of hydrogen-bond donors (Lipinski definition) is 0. The van der Waals surface area contributed by atoms with E-state index in [1.165, 1.54) is 0 Å². The van der Waals surface area contributed by atoms with Gasteiger partial charge in [0.2, 0.25) is 0 Å². The molecule has 90 valence electrons. The molecule has 0 fully saturated rings. The zero-order valence-corrected chi connectivity index (χ0v) is 11.8. The van der Waals surface area contributed by atoms with Crippen LogP contribution in [0.2, 0.25) is 5.02 Å². The molecule has 4 heteroatoms. The van der Waals surface area contributed by atoms with Crippen LogP contribution in [0.4, 0.5) is 0 Å². The first kappa shape index (κ1) is 11.8. The molecule has 0 saturated heterocycles. The molecule has 0 atom stereocenters. The van der Waals surface area contributed by atoms with Crippen molar-refractivity contribution in [1.29, 1.82) is 0 Å². The van der Waals surface area contributed by atoms with Crippen LogP contribution in [0.5, 0.6) is 0 Å². The summed E-state index contributed by atoms with van der Waals surface area (Å²) in [6.45, 7) is 0.723. The van der Waals surface area contributed by atoms with Crippen molar-refractivity contribution in [2.75, 3.05) is 0 Å². The van der Waals surface area contributed by atoms with E-state index in [1.807, 2.05) is 36.7 Å². The number of aromatic nitrogens is 2. The number of para-hydroxylation sites is 1. The summed E-state index contributed by atoms with van der Waals surface area (Å²) in [7, 11) is 0. The Kier molecular flexibility index (Phi) is 3.10. The van der Waals surface area contributed by atoms with Crippen LogP contribution in [-0.2, 0) is 6.54 Å². The summed E-state index contributed by atoms with van der Waals surface area (Å²) in [6.07, 6.45) is 3.85. The first-order valence-corrected chi connectivity index (χ1v) is 6.75. The number of hydrogen-bond acceptors (Lipinski definition) is 1. The second kappa shape index (κ2) is 4.75. The van der Waals surface area contributed by atoms with Crippen LogP contribution in [0, 0.1) is 0 Å². The number of benzene rings is 1. The maximum Gasteiger partial charge on any atom is 0.0673 e. The molecule has 1 aromatic carbocycles. The fourth-order valence-electron chi connectivity index (χ4n) is 2.02. The minimum atomic E-state index is 0.723. The molecule has 0 bridgehead atoms. The Morgan fingerprint density at radius 3 is 2.83 bits per heavy atom. The predicted octanol–water partition coefficient (Wildman–Crippen LogP) is 4.50. The van der Waals surface area contributed by atoms with E-state index in [4.69, 9.17) is 11.6 Å². The van der Waals surface area contributed by atoms with E-state index in [9.17, 15) is 0 Å². The normalized spacial score (nSPS) is 11.0. The van der Waals surface area contributed by atoms with Crippen LogP contribution < -0.4 is 0 Å². The molecule has 0 N–H and O–H groups in total. The molecule has 2 nitrogen and oxygen atoms in total. The first-order valence-electron chi connectivity index (χ1n) is 5.58. The molecule has 3 rings (SSSR count). The molecule has 2 aromatic heterocycles. The van der Waals surface area contributed by atoms with E-state index in [0.29, 0.717) is 0 Å². The monoisotopic (exact) mass is 320 g/mol. The molecule has 0 aliphatic carbocycles. The molecule has 0 amide bonds. The SMILES string of the molecule is Clc1cccc2ccn(Cc3ccc(Br)cn3)c12. The molecular formula is C14H10BrClN2. The lowest BCUT2D eigenvalue weighted by molar-refractivity contribution is 0.807. The van der Waals surface area contributed by atoms with Crippen molar-refractivity contribution in [2.24, 2.45) is 0 Å². The largest absolute Gasteiger partial charge is 0.340 e. The van der Waals surface area contributed by atoms with Gasteiger partial charge in [-0.3, -0.25) is 4.98 Å². The highest BCUT2D eigenvalue weighted by Crippen LogP contribution is 2.25. The quantitative estimate of drug-likeness (QED) is 0.679. The highest BCUT2D eigenvalue weighted by atomic mass is 79.9. The topological polar surface area (TPSA) is 17.8 Å². The summed E-state index contributed by atoms with van der Waals surface area (Å²) in [4.78, 5) is 4.38. The Morgan fingerprint density at radius 2 is 2.06 bits per heavy atom. The lowest BCUT2D eigenvalue weighted by Crippen LogP contribution is -2.00. The molecule has 0 unspecified atom stereocenters. The zero-order valence-electron chi connectivity index (χ0n) is 9.48. The fourth-order valence-corrected chi connectivity index (χ4v) is 2.55. The van der Waals surface area contributed by atoms with Crippen molar-refractivity contribution < 1.29 is 0 Å². The number of fused-ring (bicyclic) bond motifs is 1. The highest BCUT2D eigenvalue weighted by Gasteiger charge is 2.05. The van der Waals surface area contributed by atoms with Crippen molar-refractivity contribution in [3.05, 3.63) is 64.0 Å². The van der Waals surface area contributed by atoms with Crippen LogP contribution in [0.15, 0.2) is 53.3 Å². The number of pyridine rings is 1. The Balaban J connectivity index is 2.02. The van der Waals surface area contributed by atoms with Crippen LogP contribution >= 0.6 is 27.5 Å². The van der Waals surface area contributed by atoms with E-state index in [-0.39, 0.29) is 0 Å². The summed E-state index contributed by atoms with van der Waals surface area (Å²) in [6, 6.07) is 12.0. The van der Waals surface area contributed by atoms with Gasteiger partial charge in [0.15, 0.2) is 0 Å². The molecule has 0 spiro atoms. The van der Waals surface area contributed by atoms with Gasteiger partial charge in [0.05, 0.1) is 22.8 Å². The minimum Gasteiger partial charge on any atom is -0.340 e. The number of halogens is 2. The van der Waals surface area contributed by atoms with Crippen molar-refractivity contribution in [1.82, 2.24) is 9.55 Å². The fraction of sp³-hybridized carbons (Fsp3) is 0.0714. The summed E-state index contributed by atoms with van der Waals surface area (Å²) >= 11 is 9.63. The maximum absolute atomic E-state index is 6.25. The standard InChI is InChI=1S/C14H10BrClN2/c15-11-4-5-12(17-8-11)9-18-7-6-10-2-1-3-13(16)14(10)18/h1-8H,9H2. The second-order valence-electron chi connectivity index (χ2n) is 4.09. The molecule has 18 heavy (non-hydrogen) atoms. The van der Waals surface area contributed by atoms with Crippen LogP contribution in [0.3, 0.4) is 0 Å². The average Bonchev–Trinajstić information content (AvgIpc) is 2.77. The van der Waals surface area contributed by atoms with Gasteiger partial charge in [0.25, 0.3) is 0 Å². The molecule has 0 aliphatic heterocycles. The number of rotatable bonds is 2. The van der Waals surface area contributed by atoms with Gasteiger partial charge in [0.1, 0.15) is 0 Å². The summed E-state index contributed by atoms with van der Waals surface area (Å²) in [5, 5.41) is 1.93. The van der Waals surface area contributed by atoms with Gasteiger partial charge in [0, 0.05) is 22.3 Å². The molecule has 0 aliphatic rings. The van der Waals surface area contributed by atoms with E-state index < -0.39 is 0 Å². The second-order valence-corrected chi connectivity index (χ2v) is 5.41. The van der Waals surface area contributed by atoms with Gasteiger partial charge in [-0.15, -0.1) is 0 Å². The van der Waals surface area contributed by atoms with Crippen LogP contribution in [-0.4, -0.2) is 9.55 Å². The number of nitrogens with zero attached hydrogens (tertiary/aromatic N) is 2. The first-order chi connectivity index (χ1) is 8.74. The highest BCUT2D eigenvalue weighted by molar-refractivity contribution is 9.10. The maximum atomic E-state index is 6.25. The Morgan fingerprint density at radius 1 is 1.17 bits per heavy atom. The molecule has 2 heterocycles. The van der Waals surface area contributed by atoms with Crippen molar-refractivity contribution in [3.8, 4) is 0 Å². The van der Waals surface area contributed by atoms with Crippen LogP contribution in [0.1, 0.15) is 5.69 Å². The summed E-state index contributed by atoms with van der Waals surface area (Å²) in [5.41, 5.74) is 2.07. The Labute approximate surface area is 118 Å². The van der Waals surface area contributed by atoms with Crippen molar-refractivity contribution in [3.63, 3.8) is 0 Å².